The summed E-state index contributed by atoms with van der Waals surface area (Å²) >= 11 is 0. The standard InChI is InChI=1S/C14H26N2O2/c1-5-7-8-9-11(3)16-10-12(17)15-14(4,6-2)13(16)18/h11H,5-10H2,1-4H3,(H,15,17). The lowest BCUT2D eigenvalue weighted by Crippen LogP contribution is -2.66. The van der Waals surface area contributed by atoms with Crippen LogP contribution in [0.1, 0.15) is 59.8 Å². The third-order valence-corrected chi connectivity index (χ3v) is 3.93. The van der Waals surface area contributed by atoms with Crippen LogP contribution in [-0.2, 0) is 9.59 Å². The Morgan fingerprint density at radius 3 is 2.56 bits per heavy atom. The van der Waals surface area contributed by atoms with Gasteiger partial charge < -0.3 is 10.2 Å². The van der Waals surface area contributed by atoms with Crippen LogP contribution < -0.4 is 5.32 Å². The first-order valence-corrected chi connectivity index (χ1v) is 7.06. The molecule has 0 aromatic rings. The molecule has 4 nitrogen and oxygen atoms in total. The second-order valence-electron chi connectivity index (χ2n) is 5.51. The number of hydrogen-bond acceptors (Lipinski definition) is 2. The van der Waals surface area contributed by atoms with Gasteiger partial charge >= 0.3 is 0 Å². The molecule has 0 spiro atoms. The molecular formula is C14H26N2O2. The van der Waals surface area contributed by atoms with Gasteiger partial charge in [-0.1, -0.05) is 33.1 Å². The number of nitrogens with zero attached hydrogens (tertiary/aromatic N) is 1. The summed E-state index contributed by atoms with van der Waals surface area (Å²) in [7, 11) is 0. The number of nitrogens with one attached hydrogen (secondary N) is 1. The first kappa shape index (κ1) is 15.0. The molecule has 1 rings (SSSR count). The average molecular weight is 254 g/mol. The summed E-state index contributed by atoms with van der Waals surface area (Å²) in [6.07, 6.45) is 5.09. The van der Waals surface area contributed by atoms with E-state index in [0.29, 0.717) is 6.42 Å². The maximum absolute atomic E-state index is 12.4. The fourth-order valence-electron chi connectivity index (χ4n) is 2.39. The highest BCUT2D eigenvalue weighted by atomic mass is 16.2. The van der Waals surface area contributed by atoms with Crippen LogP contribution >= 0.6 is 0 Å². The number of unbranched alkanes of at least 4 members (excludes halogenated alkanes) is 2. The van der Waals surface area contributed by atoms with Crippen LogP contribution in [-0.4, -0.2) is 34.8 Å². The van der Waals surface area contributed by atoms with Gasteiger partial charge in [-0.25, -0.2) is 0 Å². The molecule has 1 fully saturated rings. The van der Waals surface area contributed by atoms with Crippen LogP contribution in [0.2, 0.25) is 0 Å². The van der Waals surface area contributed by atoms with Crippen molar-refractivity contribution >= 4 is 11.8 Å². The fourth-order valence-corrected chi connectivity index (χ4v) is 2.39. The molecule has 0 bridgehead atoms. The number of piperazine rings is 1. The summed E-state index contributed by atoms with van der Waals surface area (Å²) < 4.78 is 0. The van der Waals surface area contributed by atoms with Gasteiger partial charge in [0.05, 0.1) is 6.54 Å². The highest BCUT2D eigenvalue weighted by Gasteiger charge is 2.42. The molecular weight excluding hydrogens is 228 g/mol. The highest BCUT2D eigenvalue weighted by molar-refractivity contribution is 5.97. The Bertz CT molecular complexity index is 317. The number of rotatable bonds is 6. The molecule has 0 radical (unpaired) electrons. The predicted molar refractivity (Wildman–Crippen MR) is 72.2 cm³/mol. The number of carbonyl (C=O) groups excluding carboxylic acids is 2. The van der Waals surface area contributed by atoms with Crippen LogP contribution in [0.15, 0.2) is 0 Å². The Morgan fingerprint density at radius 2 is 2.00 bits per heavy atom. The summed E-state index contributed by atoms with van der Waals surface area (Å²) in [4.78, 5) is 25.9. The van der Waals surface area contributed by atoms with Crippen LogP contribution in [0.4, 0.5) is 0 Å². The summed E-state index contributed by atoms with van der Waals surface area (Å²) in [6.45, 7) is 8.17. The average Bonchev–Trinajstić information content (AvgIpc) is 2.34. The molecule has 2 unspecified atom stereocenters. The van der Waals surface area contributed by atoms with Gasteiger partial charge in [-0.05, 0) is 26.7 Å². The van der Waals surface area contributed by atoms with E-state index < -0.39 is 5.54 Å². The first-order valence-electron chi connectivity index (χ1n) is 7.06. The maximum atomic E-state index is 12.4. The fraction of sp³-hybridized carbons (Fsp3) is 0.857. The minimum Gasteiger partial charge on any atom is -0.340 e. The molecule has 1 N–H and O–H groups in total. The first-order chi connectivity index (χ1) is 8.44. The summed E-state index contributed by atoms with van der Waals surface area (Å²) in [5.41, 5.74) is -0.714. The lowest BCUT2D eigenvalue weighted by molar-refractivity contribution is -0.151. The SMILES string of the molecule is CCCCCC(C)N1CC(=O)NC(C)(CC)C1=O. The molecule has 4 heteroatoms. The minimum absolute atomic E-state index is 0.0405. The Hall–Kier alpha value is -1.06. The molecule has 2 atom stereocenters. The Kier molecular flexibility index (Phi) is 5.17. The van der Waals surface area contributed by atoms with Crippen molar-refractivity contribution in [2.75, 3.05) is 6.54 Å². The van der Waals surface area contributed by atoms with Gasteiger partial charge in [0, 0.05) is 6.04 Å². The molecule has 2 amide bonds. The van der Waals surface area contributed by atoms with Crippen LogP contribution in [0.5, 0.6) is 0 Å². The van der Waals surface area contributed by atoms with Crippen molar-refractivity contribution in [3.05, 3.63) is 0 Å². The molecule has 1 heterocycles. The van der Waals surface area contributed by atoms with E-state index in [1.54, 1.807) is 4.90 Å². The maximum Gasteiger partial charge on any atom is 0.248 e. The van der Waals surface area contributed by atoms with Crippen molar-refractivity contribution < 1.29 is 9.59 Å². The van der Waals surface area contributed by atoms with Gasteiger partial charge in [0.2, 0.25) is 11.8 Å². The van der Waals surface area contributed by atoms with E-state index in [4.69, 9.17) is 0 Å². The van der Waals surface area contributed by atoms with Gasteiger partial charge in [0.15, 0.2) is 0 Å². The van der Waals surface area contributed by atoms with Crippen LogP contribution in [0.25, 0.3) is 0 Å². The molecule has 104 valence electrons. The van der Waals surface area contributed by atoms with Crippen molar-refractivity contribution in [3.8, 4) is 0 Å². The van der Waals surface area contributed by atoms with Crippen molar-refractivity contribution in [3.63, 3.8) is 0 Å². The number of amides is 2. The Morgan fingerprint density at radius 1 is 1.33 bits per heavy atom. The summed E-state index contributed by atoms with van der Waals surface area (Å²) in [5.74, 6) is 0.0230. The topological polar surface area (TPSA) is 49.4 Å². The molecule has 1 saturated heterocycles. The molecule has 0 saturated carbocycles. The molecule has 0 aliphatic carbocycles. The lowest BCUT2D eigenvalue weighted by Gasteiger charge is -2.42. The highest BCUT2D eigenvalue weighted by Crippen LogP contribution is 2.21. The van der Waals surface area contributed by atoms with Gasteiger partial charge in [0.1, 0.15) is 5.54 Å². The molecule has 0 aromatic heterocycles. The van der Waals surface area contributed by atoms with Gasteiger partial charge in [-0.15, -0.1) is 0 Å². The number of carbonyl (C=O) groups is 2. The van der Waals surface area contributed by atoms with E-state index in [9.17, 15) is 9.59 Å². The monoisotopic (exact) mass is 254 g/mol. The molecule has 1 aliphatic rings. The van der Waals surface area contributed by atoms with E-state index >= 15 is 0 Å². The zero-order chi connectivity index (χ0) is 13.8. The van der Waals surface area contributed by atoms with Gasteiger partial charge in [-0.3, -0.25) is 9.59 Å². The Labute approximate surface area is 110 Å². The van der Waals surface area contributed by atoms with E-state index in [1.165, 1.54) is 12.8 Å². The minimum atomic E-state index is -0.714. The third-order valence-electron chi connectivity index (χ3n) is 3.93. The van der Waals surface area contributed by atoms with Crippen molar-refractivity contribution in [1.29, 1.82) is 0 Å². The smallest absolute Gasteiger partial charge is 0.248 e. The lowest BCUT2D eigenvalue weighted by atomic mass is 9.93. The van der Waals surface area contributed by atoms with Crippen molar-refractivity contribution in [2.45, 2.75) is 71.4 Å². The molecule has 18 heavy (non-hydrogen) atoms. The Balaban J connectivity index is 2.68. The van der Waals surface area contributed by atoms with E-state index in [2.05, 4.69) is 12.2 Å². The van der Waals surface area contributed by atoms with Crippen molar-refractivity contribution in [1.82, 2.24) is 10.2 Å². The second kappa shape index (κ2) is 6.21. The van der Waals surface area contributed by atoms with E-state index in [1.807, 2.05) is 20.8 Å². The van der Waals surface area contributed by atoms with Gasteiger partial charge in [0.25, 0.3) is 0 Å². The quantitative estimate of drug-likeness (QED) is 0.738. The third kappa shape index (κ3) is 3.24. The normalized spacial score (nSPS) is 26.1. The van der Waals surface area contributed by atoms with Gasteiger partial charge in [-0.2, -0.15) is 0 Å². The summed E-state index contributed by atoms with van der Waals surface area (Å²) in [5, 5.41) is 2.81. The zero-order valence-corrected chi connectivity index (χ0v) is 12.1. The second-order valence-corrected chi connectivity index (χ2v) is 5.51. The largest absolute Gasteiger partial charge is 0.340 e. The molecule has 1 aliphatic heterocycles. The van der Waals surface area contributed by atoms with Crippen LogP contribution in [0.3, 0.4) is 0 Å². The van der Waals surface area contributed by atoms with E-state index in [0.717, 1.165) is 12.8 Å². The predicted octanol–water partition coefficient (Wildman–Crippen LogP) is 2.08. The molecule has 0 aromatic carbocycles. The van der Waals surface area contributed by atoms with Crippen molar-refractivity contribution in [2.24, 2.45) is 0 Å². The summed E-state index contributed by atoms with van der Waals surface area (Å²) in [6, 6.07) is 0.154. The zero-order valence-electron chi connectivity index (χ0n) is 12.1. The number of hydrogen-bond donors (Lipinski definition) is 1. The van der Waals surface area contributed by atoms with Crippen LogP contribution in [0, 0.1) is 0 Å². The van der Waals surface area contributed by atoms with E-state index in [-0.39, 0.29) is 24.4 Å².